The van der Waals surface area contributed by atoms with Crippen LogP contribution in [0.15, 0.2) is 45.4 Å². The number of benzene rings is 1. The summed E-state index contributed by atoms with van der Waals surface area (Å²) in [5, 5.41) is 7.96. The molecule has 0 saturated heterocycles. The van der Waals surface area contributed by atoms with E-state index in [1.54, 1.807) is 12.1 Å². The third-order valence-electron chi connectivity index (χ3n) is 1.48. The van der Waals surface area contributed by atoms with Crippen molar-refractivity contribution >= 4 is 41.1 Å². The maximum absolute atomic E-state index is 10.4. The first-order valence-corrected chi connectivity index (χ1v) is 4.74. The third-order valence-corrected chi connectivity index (χ3v) is 2.23. The Hall–Kier alpha value is -1.32. The maximum atomic E-state index is 10.4. The lowest BCUT2D eigenvalue weighted by atomic mass is 10.3. The molecular formula is C10H7Cl2NO2. The van der Waals surface area contributed by atoms with Crippen molar-refractivity contribution in [1.82, 2.24) is 0 Å². The summed E-state index contributed by atoms with van der Waals surface area (Å²) in [6, 6.07) is 8.98. The van der Waals surface area contributed by atoms with Crippen LogP contribution < -0.4 is 0 Å². The average molecular weight is 244 g/mol. The van der Waals surface area contributed by atoms with E-state index < -0.39 is 11.0 Å². The molecule has 1 rings (SSSR count). The molecule has 0 aliphatic heterocycles. The van der Waals surface area contributed by atoms with Crippen molar-refractivity contribution in [3.63, 3.8) is 0 Å². The monoisotopic (exact) mass is 243 g/mol. The Morgan fingerprint density at radius 3 is 2.40 bits per heavy atom. The van der Waals surface area contributed by atoms with E-state index >= 15 is 0 Å². The quantitative estimate of drug-likeness (QED) is 0.655. The van der Waals surface area contributed by atoms with Crippen molar-refractivity contribution in [3.8, 4) is 0 Å². The van der Waals surface area contributed by atoms with Crippen LogP contribution in [0.1, 0.15) is 0 Å². The summed E-state index contributed by atoms with van der Waals surface area (Å²) in [5.41, 5.74) is 0.672. The van der Waals surface area contributed by atoms with E-state index in [1.165, 1.54) is 6.21 Å². The minimum absolute atomic E-state index is 0.104. The number of halogens is 2. The molecule has 1 aromatic rings. The van der Waals surface area contributed by atoms with Crippen LogP contribution in [-0.4, -0.2) is 17.3 Å². The highest BCUT2D eigenvalue weighted by atomic mass is 35.5. The largest absolute Gasteiger partial charge is 0.477 e. The molecule has 0 heterocycles. The number of allylic oxidation sites excluding steroid dienone is 1. The van der Waals surface area contributed by atoms with Gasteiger partial charge in [0, 0.05) is 6.21 Å². The summed E-state index contributed by atoms with van der Waals surface area (Å²) < 4.78 is 0. The van der Waals surface area contributed by atoms with Crippen molar-refractivity contribution in [2.24, 2.45) is 4.99 Å². The molecule has 0 aromatic heterocycles. The van der Waals surface area contributed by atoms with E-state index in [1.807, 2.05) is 18.2 Å². The Labute approximate surface area is 96.7 Å². The zero-order chi connectivity index (χ0) is 11.3. The van der Waals surface area contributed by atoms with Gasteiger partial charge in [-0.15, -0.1) is 0 Å². The molecule has 5 heteroatoms. The van der Waals surface area contributed by atoms with Gasteiger partial charge in [0.1, 0.15) is 5.03 Å². The molecule has 0 atom stereocenters. The van der Waals surface area contributed by atoms with Gasteiger partial charge in [0.05, 0.1) is 10.7 Å². The molecule has 1 N–H and O–H groups in total. The highest BCUT2D eigenvalue weighted by molar-refractivity contribution is 6.51. The van der Waals surface area contributed by atoms with Crippen molar-refractivity contribution < 1.29 is 9.90 Å². The first-order valence-electron chi connectivity index (χ1n) is 3.99. The Morgan fingerprint density at radius 1 is 1.27 bits per heavy atom. The van der Waals surface area contributed by atoms with E-state index in [-0.39, 0.29) is 5.03 Å². The molecule has 0 spiro atoms. The highest BCUT2D eigenvalue weighted by Gasteiger charge is 2.07. The summed E-state index contributed by atoms with van der Waals surface area (Å²) in [4.78, 5) is 14.4. The minimum atomic E-state index is -1.28. The highest BCUT2D eigenvalue weighted by Crippen LogP contribution is 2.15. The predicted octanol–water partition coefficient (Wildman–Crippen LogP) is 3.16. The van der Waals surface area contributed by atoms with E-state index in [2.05, 4.69) is 4.99 Å². The normalized spacial score (nSPS) is 12.7. The maximum Gasteiger partial charge on any atom is 0.348 e. The van der Waals surface area contributed by atoms with Gasteiger partial charge in [-0.25, -0.2) is 4.79 Å². The van der Waals surface area contributed by atoms with Crippen molar-refractivity contribution in [1.29, 1.82) is 0 Å². The van der Waals surface area contributed by atoms with Crippen LogP contribution >= 0.6 is 23.2 Å². The van der Waals surface area contributed by atoms with E-state index in [9.17, 15) is 4.79 Å². The molecule has 3 nitrogen and oxygen atoms in total. The second-order valence-corrected chi connectivity index (χ2v) is 3.35. The molecular weight excluding hydrogens is 237 g/mol. The van der Waals surface area contributed by atoms with Crippen molar-refractivity contribution in [2.75, 3.05) is 0 Å². The molecule has 0 radical (unpaired) electrons. The lowest BCUT2D eigenvalue weighted by molar-refractivity contribution is -0.131. The Balaban J connectivity index is 2.83. The van der Waals surface area contributed by atoms with Gasteiger partial charge in [0.2, 0.25) is 0 Å². The van der Waals surface area contributed by atoms with Gasteiger partial charge in [-0.3, -0.25) is 4.99 Å². The van der Waals surface area contributed by atoms with Crippen LogP contribution in [0.25, 0.3) is 0 Å². The summed E-state index contributed by atoms with van der Waals surface area (Å²) in [7, 11) is 0. The number of carboxylic acids is 1. The van der Waals surface area contributed by atoms with Crippen LogP contribution in [0, 0.1) is 0 Å². The Morgan fingerprint density at radius 2 is 1.87 bits per heavy atom. The molecule has 0 bridgehead atoms. The van der Waals surface area contributed by atoms with Crippen LogP contribution in [0.5, 0.6) is 0 Å². The number of hydrogen-bond acceptors (Lipinski definition) is 2. The summed E-state index contributed by atoms with van der Waals surface area (Å²) in [6.45, 7) is 0. The summed E-state index contributed by atoms with van der Waals surface area (Å²) in [5.74, 6) is -1.28. The van der Waals surface area contributed by atoms with Gasteiger partial charge in [-0.1, -0.05) is 41.4 Å². The lowest BCUT2D eigenvalue weighted by Crippen LogP contribution is -1.96. The van der Waals surface area contributed by atoms with Crippen molar-refractivity contribution in [3.05, 3.63) is 40.4 Å². The van der Waals surface area contributed by atoms with Gasteiger partial charge < -0.3 is 5.11 Å². The minimum Gasteiger partial charge on any atom is -0.477 e. The number of rotatable bonds is 3. The molecule has 0 unspecified atom stereocenters. The Bertz CT molecular complexity index is 413. The van der Waals surface area contributed by atoms with Gasteiger partial charge in [0.25, 0.3) is 0 Å². The molecule has 0 saturated carbocycles. The van der Waals surface area contributed by atoms with Gasteiger partial charge in [-0.2, -0.15) is 0 Å². The first kappa shape index (κ1) is 11.8. The van der Waals surface area contributed by atoms with E-state index in [0.29, 0.717) is 5.69 Å². The second-order valence-electron chi connectivity index (χ2n) is 2.56. The molecule has 0 fully saturated rings. The fourth-order valence-corrected chi connectivity index (χ4v) is 0.983. The summed E-state index contributed by atoms with van der Waals surface area (Å²) in [6.07, 6.45) is 1.20. The predicted molar refractivity (Wildman–Crippen MR) is 61.0 cm³/mol. The number of nitrogens with zero attached hydrogens (tertiary/aromatic N) is 1. The van der Waals surface area contributed by atoms with Gasteiger partial charge in [-0.05, 0) is 12.1 Å². The molecule has 0 aliphatic carbocycles. The number of carbonyl (C=O) groups is 1. The van der Waals surface area contributed by atoms with E-state index in [0.717, 1.165) is 0 Å². The second kappa shape index (κ2) is 5.53. The standard InChI is InChI=1S/C10H7Cl2NO2/c11-8(9(12)10(14)15)6-13-7-4-2-1-3-5-7/h1-6H,(H,14,15). The fourth-order valence-electron chi connectivity index (χ4n) is 0.804. The number of hydrogen-bond donors (Lipinski definition) is 1. The van der Waals surface area contributed by atoms with E-state index in [4.69, 9.17) is 28.3 Å². The van der Waals surface area contributed by atoms with Crippen LogP contribution in [0.3, 0.4) is 0 Å². The average Bonchev–Trinajstić information content (AvgIpc) is 2.26. The zero-order valence-corrected chi connectivity index (χ0v) is 9.03. The van der Waals surface area contributed by atoms with Gasteiger partial charge in [0.15, 0.2) is 0 Å². The first-order chi connectivity index (χ1) is 7.11. The van der Waals surface area contributed by atoms with Crippen LogP contribution in [-0.2, 0) is 4.79 Å². The molecule has 78 valence electrons. The fraction of sp³-hybridized carbons (Fsp3) is 0. The molecule has 0 aliphatic rings. The topological polar surface area (TPSA) is 49.7 Å². The third kappa shape index (κ3) is 3.73. The number of carboxylic acid groups (broad SMARTS) is 1. The van der Waals surface area contributed by atoms with Gasteiger partial charge >= 0.3 is 5.97 Å². The van der Waals surface area contributed by atoms with Crippen molar-refractivity contribution in [2.45, 2.75) is 0 Å². The SMILES string of the molecule is O=C(O)C(Cl)=C(Cl)C=Nc1ccccc1. The molecule has 0 amide bonds. The molecule has 1 aromatic carbocycles. The van der Waals surface area contributed by atoms with Crippen LogP contribution in [0.4, 0.5) is 5.69 Å². The number of aliphatic imine (C=N–C) groups is 1. The molecule has 15 heavy (non-hydrogen) atoms. The smallest absolute Gasteiger partial charge is 0.348 e. The number of aliphatic carboxylic acids is 1. The Kier molecular flexibility index (Phi) is 4.34. The lowest BCUT2D eigenvalue weighted by Gasteiger charge is -1.93. The summed E-state index contributed by atoms with van der Waals surface area (Å²) >= 11 is 11.0. The number of para-hydroxylation sites is 1. The zero-order valence-electron chi connectivity index (χ0n) is 7.52. The van der Waals surface area contributed by atoms with Crippen LogP contribution in [0.2, 0.25) is 0 Å².